The normalized spacial score (nSPS) is 11.7. The standard InChI is InChI=1S/C18H22N2O2S/c1-23-13-15(11-12-21)20-18(22)16-9-5-6-10-17(16)19-14-7-3-2-4-8-14/h2-10,15,19,21H,11-13H2,1H3,(H,20,22). The maximum atomic E-state index is 12.6. The van der Waals surface area contributed by atoms with Crippen LogP contribution in [0, 0.1) is 0 Å². The van der Waals surface area contributed by atoms with E-state index in [4.69, 9.17) is 5.11 Å². The Morgan fingerprint density at radius 3 is 2.52 bits per heavy atom. The van der Waals surface area contributed by atoms with E-state index >= 15 is 0 Å². The molecule has 0 saturated carbocycles. The Morgan fingerprint density at radius 1 is 1.13 bits per heavy atom. The van der Waals surface area contributed by atoms with Crippen molar-refractivity contribution >= 4 is 29.0 Å². The van der Waals surface area contributed by atoms with Gasteiger partial charge in [0.05, 0.1) is 11.3 Å². The van der Waals surface area contributed by atoms with Gasteiger partial charge in [0.2, 0.25) is 0 Å². The minimum absolute atomic E-state index is 0.0349. The van der Waals surface area contributed by atoms with Crippen LogP contribution in [-0.2, 0) is 0 Å². The Bertz CT molecular complexity index is 613. The highest BCUT2D eigenvalue weighted by Gasteiger charge is 2.15. The van der Waals surface area contributed by atoms with Gasteiger partial charge < -0.3 is 15.7 Å². The van der Waals surface area contributed by atoms with Crippen LogP contribution >= 0.6 is 11.8 Å². The van der Waals surface area contributed by atoms with Crippen LogP contribution in [0.2, 0.25) is 0 Å². The monoisotopic (exact) mass is 330 g/mol. The highest BCUT2D eigenvalue weighted by atomic mass is 32.2. The molecule has 2 rings (SSSR count). The molecule has 0 radical (unpaired) electrons. The largest absolute Gasteiger partial charge is 0.396 e. The lowest BCUT2D eigenvalue weighted by Gasteiger charge is -2.18. The molecule has 1 amide bonds. The summed E-state index contributed by atoms with van der Waals surface area (Å²) in [5.74, 6) is 0.650. The molecule has 0 aliphatic rings. The molecule has 0 heterocycles. The van der Waals surface area contributed by atoms with E-state index in [0.29, 0.717) is 12.0 Å². The predicted octanol–water partition coefficient (Wildman–Crippen LogP) is 3.27. The first-order valence-electron chi connectivity index (χ1n) is 7.56. The summed E-state index contributed by atoms with van der Waals surface area (Å²) >= 11 is 1.65. The second kappa shape index (κ2) is 9.22. The highest BCUT2D eigenvalue weighted by molar-refractivity contribution is 7.98. The van der Waals surface area contributed by atoms with Crippen LogP contribution in [0.25, 0.3) is 0 Å². The lowest BCUT2D eigenvalue weighted by atomic mass is 10.1. The number of carbonyl (C=O) groups excluding carboxylic acids is 1. The summed E-state index contributed by atoms with van der Waals surface area (Å²) in [5, 5.41) is 15.4. The zero-order valence-electron chi connectivity index (χ0n) is 13.2. The van der Waals surface area contributed by atoms with Gasteiger partial charge in [0.15, 0.2) is 0 Å². The van der Waals surface area contributed by atoms with Crippen molar-refractivity contribution in [3.63, 3.8) is 0 Å². The Balaban J connectivity index is 2.13. The van der Waals surface area contributed by atoms with Crippen LogP contribution in [0.3, 0.4) is 0 Å². The van der Waals surface area contributed by atoms with Crippen LogP contribution < -0.4 is 10.6 Å². The van der Waals surface area contributed by atoms with Gasteiger partial charge in [-0.15, -0.1) is 0 Å². The van der Waals surface area contributed by atoms with E-state index in [1.807, 2.05) is 54.8 Å². The number of aliphatic hydroxyl groups is 1. The third-order valence-electron chi connectivity index (χ3n) is 3.41. The highest BCUT2D eigenvalue weighted by Crippen LogP contribution is 2.21. The Labute approximate surface area is 141 Å². The number of benzene rings is 2. The van der Waals surface area contributed by atoms with Crippen LogP contribution in [-0.4, -0.2) is 35.7 Å². The number of anilines is 2. The zero-order valence-corrected chi connectivity index (χ0v) is 14.0. The Kier molecular flexibility index (Phi) is 6.97. The number of carbonyl (C=O) groups is 1. The molecule has 1 atom stereocenters. The minimum Gasteiger partial charge on any atom is -0.396 e. The minimum atomic E-state index is -0.128. The number of thioether (sulfide) groups is 1. The summed E-state index contributed by atoms with van der Waals surface area (Å²) in [4.78, 5) is 12.6. The Morgan fingerprint density at radius 2 is 1.83 bits per heavy atom. The van der Waals surface area contributed by atoms with Crippen molar-refractivity contribution in [1.82, 2.24) is 5.32 Å². The van der Waals surface area contributed by atoms with Crippen molar-refractivity contribution in [3.05, 3.63) is 60.2 Å². The molecular weight excluding hydrogens is 308 g/mol. The molecule has 5 heteroatoms. The van der Waals surface area contributed by atoms with Crippen LogP contribution in [0.15, 0.2) is 54.6 Å². The topological polar surface area (TPSA) is 61.4 Å². The maximum Gasteiger partial charge on any atom is 0.253 e. The van der Waals surface area contributed by atoms with Crippen molar-refractivity contribution < 1.29 is 9.90 Å². The molecule has 0 fully saturated rings. The second-order valence-corrected chi connectivity index (χ2v) is 6.09. The number of para-hydroxylation sites is 2. The summed E-state index contributed by atoms with van der Waals surface area (Å²) in [5.41, 5.74) is 2.30. The van der Waals surface area contributed by atoms with E-state index in [9.17, 15) is 4.79 Å². The SMILES string of the molecule is CSCC(CCO)NC(=O)c1ccccc1Nc1ccccc1. The number of amides is 1. The molecular formula is C18H22N2O2S. The maximum absolute atomic E-state index is 12.6. The molecule has 0 aliphatic carbocycles. The van der Waals surface area contributed by atoms with Gasteiger partial charge in [0.25, 0.3) is 5.91 Å². The first-order chi connectivity index (χ1) is 11.2. The van der Waals surface area contributed by atoms with Gasteiger partial charge in [-0.25, -0.2) is 0 Å². The average Bonchev–Trinajstić information content (AvgIpc) is 2.57. The molecule has 23 heavy (non-hydrogen) atoms. The molecule has 2 aromatic rings. The summed E-state index contributed by atoms with van der Waals surface area (Å²) in [7, 11) is 0. The van der Waals surface area contributed by atoms with Gasteiger partial charge in [-0.3, -0.25) is 4.79 Å². The van der Waals surface area contributed by atoms with Gasteiger partial charge in [0, 0.05) is 24.1 Å². The molecule has 0 spiro atoms. The van der Waals surface area contributed by atoms with Crippen molar-refractivity contribution in [2.75, 3.05) is 23.9 Å². The fourth-order valence-corrected chi connectivity index (χ4v) is 2.94. The fourth-order valence-electron chi connectivity index (χ4n) is 2.28. The first-order valence-corrected chi connectivity index (χ1v) is 8.95. The van der Waals surface area contributed by atoms with E-state index in [1.54, 1.807) is 17.8 Å². The number of rotatable bonds is 8. The van der Waals surface area contributed by atoms with Crippen LogP contribution in [0.4, 0.5) is 11.4 Å². The predicted molar refractivity (Wildman–Crippen MR) is 97.5 cm³/mol. The van der Waals surface area contributed by atoms with E-state index in [-0.39, 0.29) is 18.6 Å². The third-order valence-corrected chi connectivity index (χ3v) is 4.14. The van der Waals surface area contributed by atoms with E-state index < -0.39 is 0 Å². The summed E-state index contributed by atoms with van der Waals surface area (Å²) in [6.45, 7) is 0.0649. The van der Waals surface area contributed by atoms with Crippen molar-refractivity contribution in [2.45, 2.75) is 12.5 Å². The quantitative estimate of drug-likeness (QED) is 0.695. The second-order valence-electron chi connectivity index (χ2n) is 5.17. The van der Waals surface area contributed by atoms with Crippen molar-refractivity contribution in [2.24, 2.45) is 0 Å². The van der Waals surface area contributed by atoms with Gasteiger partial charge in [-0.05, 0) is 36.9 Å². The molecule has 0 bridgehead atoms. The van der Waals surface area contributed by atoms with Gasteiger partial charge >= 0.3 is 0 Å². The van der Waals surface area contributed by atoms with E-state index in [0.717, 1.165) is 17.1 Å². The number of hydrogen-bond donors (Lipinski definition) is 3. The molecule has 4 nitrogen and oxygen atoms in total. The molecule has 2 aromatic carbocycles. The average molecular weight is 330 g/mol. The van der Waals surface area contributed by atoms with Crippen LogP contribution in [0.5, 0.6) is 0 Å². The smallest absolute Gasteiger partial charge is 0.253 e. The molecule has 0 saturated heterocycles. The summed E-state index contributed by atoms with van der Waals surface area (Å²) < 4.78 is 0. The molecule has 3 N–H and O–H groups in total. The Hall–Kier alpha value is -1.98. The number of nitrogens with one attached hydrogen (secondary N) is 2. The van der Waals surface area contributed by atoms with E-state index in [1.165, 1.54) is 0 Å². The molecule has 0 aromatic heterocycles. The lowest BCUT2D eigenvalue weighted by Crippen LogP contribution is -2.37. The van der Waals surface area contributed by atoms with Gasteiger partial charge in [0.1, 0.15) is 0 Å². The number of hydrogen-bond acceptors (Lipinski definition) is 4. The number of aliphatic hydroxyl groups excluding tert-OH is 1. The molecule has 122 valence electrons. The van der Waals surface area contributed by atoms with Crippen molar-refractivity contribution in [1.29, 1.82) is 0 Å². The zero-order chi connectivity index (χ0) is 16.5. The van der Waals surface area contributed by atoms with Crippen LogP contribution in [0.1, 0.15) is 16.8 Å². The fraction of sp³-hybridized carbons (Fsp3) is 0.278. The van der Waals surface area contributed by atoms with Gasteiger partial charge in [-0.2, -0.15) is 11.8 Å². The van der Waals surface area contributed by atoms with E-state index in [2.05, 4.69) is 10.6 Å². The third kappa shape index (κ3) is 5.30. The molecule has 1 unspecified atom stereocenters. The summed E-state index contributed by atoms with van der Waals surface area (Å²) in [6, 6.07) is 17.1. The van der Waals surface area contributed by atoms with Gasteiger partial charge in [-0.1, -0.05) is 30.3 Å². The first kappa shape index (κ1) is 17.4. The lowest BCUT2D eigenvalue weighted by molar-refractivity contribution is 0.0936. The molecule has 0 aliphatic heterocycles. The summed E-state index contributed by atoms with van der Waals surface area (Å²) in [6.07, 6.45) is 2.54. The van der Waals surface area contributed by atoms with Crippen molar-refractivity contribution in [3.8, 4) is 0 Å².